The van der Waals surface area contributed by atoms with Gasteiger partial charge in [-0.15, -0.1) is 0 Å². The monoisotopic (exact) mass is 347 g/mol. The van der Waals surface area contributed by atoms with Crippen molar-refractivity contribution in [3.05, 3.63) is 11.6 Å². The maximum absolute atomic E-state index is 12.7. The van der Waals surface area contributed by atoms with Gasteiger partial charge in [0.1, 0.15) is 5.82 Å². The van der Waals surface area contributed by atoms with E-state index in [1.807, 2.05) is 6.92 Å². The van der Waals surface area contributed by atoms with E-state index in [1.54, 1.807) is 0 Å². The number of aromatic nitrogens is 3. The van der Waals surface area contributed by atoms with Crippen LogP contribution in [0, 0.1) is 12.8 Å². The lowest BCUT2D eigenvalue weighted by Crippen LogP contribution is -2.44. The standard InChI is InChI=1S/C18H29N5O2/c1-12-19-17(22-21-12)15-10-23(14-4-2-3-5-14)11-16(15)20-18(24)13-6-8-25-9-7-13/h13-16H,2-11H2,1H3,(H,20,24)(H,19,21,22)/t15-,16-/m1/s1. The summed E-state index contributed by atoms with van der Waals surface area (Å²) < 4.78 is 5.39. The molecule has 0 radical (unpaired) electrons. The van der Waals surface area contributed by atoms with Crippen molar-refractivity contribution < 1.29 is 9.53 Å². The Kier molecular flexibility index (Phi) is 5.03. The summed E-state index contributed by atoms with van der Waals surface area (Å²) in [5.41, 5.74) is 0. The van der Waals surface area contributed by atoms with Crippen LogP contribution in [0.4, 0.5) is 0 Å². The van der Waals surface area contributed by atoms with E-state index in [-0.39, 0.29) is 23.8 Å². The van der Waals surface area contributed by atoms with Crippen LogP contribution in [0.2, 0.25) is 0 Å². The number of rotatable bonds is 4. The third kappa shape index (κ3) is 3.72. The Morgan fingerprint density at radius 1 is 1.20 bits per heavy atom. The molecule has 0 bridgehead atoms. The van der Waals surface area contributed by atoms with Crippen LogP contribution in [0.3, 0.4) is 0 Å². The topological polar surface area (TPSA) is 83.1 Å². The van der Waals surface area contributed by atoms with Crippen molar-refractivity contribution >= 4 is 5.91 Å². The molecule has 2 N–H and O–H groups in total. The van der Waals surface area contributed by atoms with Gasteiger partial charge in [-0.25, -0.2) is 4.98 Å². The average Bonchev–Trinajstić information content (AvgIpc) is 3.36. The molecule has 1 aromatic rings. The van der Waals surface area contributed by atoms with Gasteiger partial charge in [0.05, 0.1) is 12.0 Å². The Labute approximate surface area is 148 Å². The van der Waals surface area contributed by atoms with Crippen LogP contribution >= 0.6 is 0 Å². The van der Waals surface area contributed by atoms with Gasteiger partial charge in [-0.2, -0.15) is 5.10 Å². The first-order valence-electron chi connectivity index (χ1n) is 9.72. The fourth-order valence-corrected chi connectivity index (χ4v) is 4.60. The van der Waals surface area contributed by atoms with Crippen LogP contribution in [-0.4, -0.2) is 64.4 Å². The summed E-state index contributed by atoms with van der Waals surface area (Å²) in [4.78, 5) is 19.8. The zero-order chi connectivity index (χ0) is 17.2. The van der Waals surface area contributed by atoms with E-state index in [1.165, 1.54) is 25.7 Å². The smallest absolute Gasteiger partial charge is 0.223 e. The molecular formula is C18H29N5O2. The van der Waals surface area contributed by atoms with Crippen LogP contribution < -0.4 is 5.32 Å². The van der Waals surface area contributed by atoms with Gasteiger partial charge in [0.25, 0.3) is 0 Å². The maximum Gasteiger partial charge on any atom is 0.223 e. The molecule has 2 atom stereocenters. The highest BCUT2D eigenvalue weighted by molar-refractivity contribution is 5.79. The molecule has 2 aliphatic heterocycles. The molecule has 7 nitrogen and oxygen atoms in total. The average molecular weight is 347 g/mol. The molecule has 7 heteroatoms. The quantitative estimate of drug-likeness (QED) is 0.859. The first-order chi connectivity index (χ1) is 12.2. The van der Waals surface area contributed by atoms with Crippen LogP contribution in [-0.2, 0) is 9.53 Å². The van der Waals surface area contributed by atoms with Gasteiger partial charge < -0.3 is 10.1 Å². The molecule has 3 fully saturated rings. The van der Waals surface area contributed by atoms with Crippen LogP contribution in [0.15, 0.2) is 0 Å². The predicted octanol–water partition coefficient (Wildman–Crippen LogP) is 1.37. The Hall–Kier alpha value is -1.47. The van der Waals surface area contributed by atoms with Crippen molar-refractivity contribution in [3.63, 3.8) is 0 Å². The van der Waals surface area contributed by atoms with Crippen LogP contribution in [0.5, 0.6) is 0 Å². The second kappa shape index (κ2) is 7.41. The minimum Gasteiger partial charge on any atom is -0.381 e. The van der Waals surface area contributed by atoms with Crippen molar-refractivity contribution in [1.82, 2.24) is 25.4 Å². The van der Waals surface area contributed by atoms with E-state index in [4.69, 9.17) is 4.74 Å². The van der Waals surface area contributed by atoms with E-state index >= 15 is 0 Å². The van der Waals surface area contributed by atoms with E-state index in [2.05, 4.69) is 25.4 Å². The number of carbonyl (C=O) groups is 1. The number of aromatic amines is 1. The number of aryl methyl sites for hydroxylation is 1. The second-order valence-electron chi connectivity index (χ2n) is 7.78. The Bertz CT molecular complexity index is 592. The molecule has 0 spiro atoms. The number of ether oxygens (including phenoxy) is 1. The summed E-state index contributed by atoms with van der Waals surface area (Å²) in [6.45, 7) is 5.18. The fraction of sp³-hybridized carbons (Fsp3) is 0.833. The Morgan fingerprint density at radius 3 is 2.64 bits per heavy atom. The van der Waals surface area contributed by atoms with Crippen LogP contribution in [0.1, 0.15) is 56.1 Å². The number of nitrogens with one attached hydrogen (secondary N) is 2. The summed E-state index contributed by atoms with van der Waals surface area (Å²) >= 11 is 0. The van der Waals surface area contributed by atoms with Crippen molar-refractivity contribution in [2.75, 3.05) is 26.3 Å². The predicted molar refractivity (Wildman–Crippen MR) is 93.2 cm³/mol. The van der Waals surface area contributed by atoms with Gasteiger partial charge in [-0.3, -0.25) is 14.8 Å². The number of likely N-dealkylation sites (tertiary alicyclic amines) is 1. The molecule has 1 saturated carbocycles. The minimum absolute atomic E-state index is 0.0869. The Morgan fingerprint density at radius 2 is 1.96 bits per heavy atom. The van der Waals surface area contributed by atoms with Crippen molar-refractivity contribution in [2.24, 2.45) is 5.92 Å². The zero-order valence-electron chi connectivity index (χ0n) is 15.0. The zero-order valence-corrected chi connectivity index (χ0v) is 15.0. The lowest BCUT2D eigenvalue weighted by atomic mass is 9.97. The first-order valence-corrected chi connectivity index (χ1v) is 9.72. The molecule has 2 saturated heterocycles. The van der Waals surface area contributed by atoms with E-state index in [0.717, 1.165) is 37.6 Å². The van der Waals surface area contributed by atoms with Gasteiger partial charge in [-0.1, -0.05) is 12.8 Å². The molecule has 138 valence electrons. The normalized spacial score (nSPS) is 29.3. The van der Waals surface area contributed by atoms with Crippen molar-refractivity contribution in [1.29, 1.82) is 0 Å². The molecule has 1 amide bonds. The van der Waals surface area contributed by atoms with Crippen molar-refractivity contribution in [2.45, 2.75) is 63.5 Å². The summed E-state index contributed by atoms with van der Waals surface area (Å²) in [7, 11) is 0. The molecule has 4 rings (SSSR count). The Balaban J connectivity index is 1.46. The number of amides is 1. The van der Waals surface area contributed by atoms with Gasteiger partial charge in [0.15, 0.2) is 5.82 Å². The number of nitrogens with zero attached hydrogens (tertiary/aromatic N) is 3. The maximum atomic E-state index is 12.7. The molecule has 0 aromatic carbocycles. The molecule has 3 heterocycles. The van der Waals surface area contributed by atoms with Gasteiger partial charge in [0.2, 0.25) is 5.91 Å². The molecule has 0 unspecified atom stereocenters. The lowest BCUT2D eigenvalue weighted by molar-refractivity contribution is -0.128. The highest BCUT2D eigenvalue weighted by Gasteiger charge is 2.41. The molecule has 25 heavy (non-hydrogen) atoms. The van der Waals surface area contributed by atoms with Gasteiger partial charge in [-0.05, 0) is 32.6 Å². The lowest BCUT2D eigenvalue weighted by Gasteiger charge is -2.25. The highest BCUT2D eigenvalue weighted by atomic mass is 16.5. The third-order valence-electron chi connectivity index (χ3n) is 6.06. The largest absolute Gasteiger partial charge is 0.381 e. The van der Waals surface area contributed by atoms with Gasteiger partial charge in [0, 0.05) is 38.3 Å². The molecule has 1 aromatic heterocycles. The van der Waals surface area contributed by atoms with E-state index in [9.17, 15) is 4.79 Å². The molecule has 3 aliphatic rings. The second-order valence-corrected chi connectivity index (χ2v) is 7.78. The van der Waals surface area contributed by atoms with Gasteiger partial charge >= 0.3 is 0 Å². The third-order valence-corrected chi connectivity index (χ3v) is 6.06. The SMILES string of the molecule is Cc1nc([C@@H]2CN(C3CCCC3)C[C@H]2NC(=O)C2CCOCC2)n[nH]1. The first kappa shape index (κ1) is 17.0. The minimum atomic E-state index is 0.0869. The molecule has 1 aliphatic carbocycles. The summed E-state index contributed by atoms with van der Waals surface area (Å²) in [5, 5.41) is 10.7. The van der Waals surface area contributed by atoms with E-state index in [0.29, 0.717) is 19.3 Å². The summed E-state index contributed by atoms with van der Waals surface area (Å²) in [6.07, 6.45) is 6.86. The number of hydrogen-bond acceptors (Lipinski definition) is 5. The molecular weight excluding hydrogens is 318 g/mol. The number of hydrogen-bond donors (Lipinski definition) is 2. The van der Waals surface area contributed by atoms with Crippen molar-refractivity contribution in [3.8, 4) is 0 Å². The van der Waals surface area contributed by atoms with Crippen LogP contribution in [0.25, 0.3) is 0 Å². The number of H-pyrrole nitrogens is 1. The highest BCUT2D eigenvalue weighted by Crippen LogP contribution is 2.32. The van der Waals surface area contributed by atoms with E-state index < -0.39 is 0 Å². The summed E-state index contributed by atoms with van der Waals surface area (Å²) in [6, 6.07) is 0.763. The summed E-state index contributed by atoms with van der Waals surface area (Å²) in [5.74, 6) is 2.12. The number of carbonyl (C=O) groups excluding carboxylic acids is 1. The fourth-order valence-electron chi connectivity index (χ4n) is 4.60.